The molecule has 0 aromatic carbocycles. The number of thiazole rings is 1. The lowest BCUT2D eigenvalue weighted by atomic mass is 10.4. The first-order valence-electron chi connectivity index (χ1n) is 7.98. The van der Waals surface area contributed by atoms with Crippen LogP contribution in [-0.2, 0) is 27.7 Å². The van der Waals surface area contributed by atoms with E-state index in [1.54, 1.807) is 29.9 Å². The van der Waals surface area contributed by atoms with E-state index in [0.29, 0.717) is 49.1 Å². The zero-order valence-corrected chi connectivity index (χ0v) is 15.8. The maximum absolute atomic E-state index is 12.9. The van der Waals surface area contributed by atoms with Crippen molar-refractivity contribution in [3.63, 3.8) is 0 Å². The Kier molecular flexibility index (Phi) is 5.05. The van der Waals surface area contributed by atoms with Crippen LogP contribution in [0.5, 0.6) is 0 Å². The molecule has 0 spiro atoms. The van der Waals surface area contributed by atoms with Crippen molar-refractivity contribution in [1.82, 2.24) is 19.1 Å². The molecule has 0 radical (unpaired) electrons. The van der Waals surface area contributed by atoms with Gasteiger partial charge >= 0.3 is 0 Å². The quantitative estimate of drug-likeness (QED) is 0.799. The Morgan fingerprint density at radius 1 is 1.29 bits per heavy atom. The fraction of sp³-hybridized carbons (Fsp3) is 0.600. The largest absolute Gasteiger partial charge is 0.379 e. The minimum atomic E-state index is -3.54. The highest BCUT2D eigenvalue weighted by molar-refractivity contribution is 7.89. The number of rotatable bonds is 5. The normalized spacial score (nSPS) is 16.6. The van der Waals surface area contributed by atoms with Gasteiger partial charge in [0.25, 0.3) is 0 Å². The number of aromatic nitrogens is 3. The molecule has 9 heteroatoms. The molecule has 0 bridgehead atoms. The third kappa shape index (κ3) is 3.26. The molecule has 24 heavy (non-hydrogen) atoms. The van der Waals surface area contributed by atoms with Gasteiger partial charge in [-0.2, -0.15) is 9.40 Å². The number of sulfonamides is 1. The second kappa shape index (κ2) is 6.91. The molecule has 3 heterocycles. The Morgan fingerprint density at radius 3 is 2.62 bits per heavy atom. The lowest BCUT2D eigenvalue weighted by molar-refractivity contribution is 0.0730. The summed E-state index contributed by atoms with van der Waals surface area (Å²) in [5.41, 5.74) is 2.10. The summed E-state index contributed by atoms with van der Waals surface area (Å²) in [5, 5.41) is 7.53. The van der Waals surface area contributed by atoms with Crippen LogP contribution in [0.25, 0.3) is 0 Å². The topological polar surface area (TPSA) is 77.3 Å². The fourth-order valence-corrected chi connectivity index (χ4v) is 5.38. The van der Waals surface area contributed by atoms with E-state index in [-0.39, 0.29) is 0 Å². The van der Waals surface area contributed by atoms with Crippen LogP contribution >= 0.6 is 11.3 Å². The molecule has 1 aliphatic rings. The van der Waals surface area contributed by atoms with Gasteiger partial charge < -0.3 is 4.74 Å². The first kappa shape index (κ1) is 17.5. The number of hydrogen-bond donors (Lipinski definition) is 0. The van der Waals surface area contributed by atoms with Gasteiger partial charge in [-0.3, -0.25) is 4.68 Å². The molecule has 3 rings (SSSR count). The Morgan fingerprint density at radius 2 is 2.00 bits per heavy atom. The van der Waals surface area contributed by atoms with Crippen LogP contribution in [-0.4, -0.2) is 53.8 Å². The molecule has 0 atom stereocenters. The zero-order chi connectivity index (χ0) is 17.3. The number of aryl methyl sites for hydroxylation is 2. The van der Waals surface area contributed by atoms with Gasteiger partial charge in [0.05, 0.1) is 41.8 Å². The molecule has 0 saturated carbocycles. The summed E-state index contributed by atoms with van der Waals surface area (Å²) in [6, 6.07) is 0. The van der Waals surface area contributed by atoms with E-state index in [1.807, 2.05) is 5.38 Å². The van der Waals surface area contributed by atoms with Gasteiger partial charge in [0.1, 0.15) is 4.90 Å². The molecule has 0 aliphatic carbocycles. The van der Waals surface area contributed by atoms with E-state index < -0.39 is 10.0 Å². The highest BCUT2D eigenvalue weighted by Crippen LogP contribution is 2.25. The van der Waals surface area contributed by atoms with Crippen molar-refractivity contribution in [3.05, 3.63) is 27.5 Å². The zero-order valence-electron chi connectivity index (χ0n) is 14.2. The van der Waals surface area contributed by atoms with Gasteiger partial charge in [-0.05, 0) is 20.3 Å². The van der Waals surface area contributed by atoms with Crippen molar-refractivity contribution < 1.29 is 13.2 Å². The first-order chi connectivity index (χ1) is 11.4. The van der Waals surface area contributed by atoms with Crippen LogP contribution in [0.1, 0.15) is 29.0 Å². The third-order valence-corrected chi connectivity index (χ3v) is 7.29. The standard InChI is InChI=1S/C15H22N4O3S2/c1-4-14-16-13(10-23-14)9-19-12(3)15(11(2)17-19)24(20,21)18-5-7-22-8-6-18/h10H,4-9H2,1-3H3. The van der Waals surface area contributed by atoms with Gasteiger partial charge in [-0.15, -0.1) is 11.3 Å². The van der Waals surface area contributed by atoms with Crippen LogP contribution in [0.2, 0.25) is 0 Å². The molecular formula is C15H22N4O3S2. The van der Waals surface area contributed by atoms with Crippen molar-refractivity contribution in [1.29, 1.82) is 0 Å². The SMILES string of the molecule is CCc1nc(Cn2nc(C)c(S(=O)(=O)N3CCOCC3)c2C)cs1. The summed E-state index contributed by atoms with van der Waals surface area (Å²) in [5.74, 6) is 0. The maximum atomic E-state index is 12.9. The lowest BCUT2D eigenvalue weighted by Crippen LogP contribution is -2.41. The predicted octanol–water partition coefficient (Wildman–Crippen LogP) is 1.59. The molecule has 132 valence electrons. The molecule has 1 saturated heterocycles. The van der Waals surface area contributed by atoms with Crippen LogP contribution in [0, 0.1) is 13.8 Å². The second-order valence-corrected chi connectivity index (χ2v) is 8.58. The number of nitrogens with zero attached hydrogens (tertiary/aromatic N) is 4. The molecule has 1 aliphatic heterocycles. The van der Waals surface area contributed by atoms with Crippen LogP contribution in [0.3, 0.4) is 0 Å². The molecule has 0 amide bonds. The van der Waals surface area contributed by atoms with E-state index >= 15 is 0 Å². The maximum Gasteiger partial charge on any atom is 0.246 e. The second-order valence-electron chi connectivity index (χ2n) is 5.76. The lowest BCUT2D eigenvalue weighted by Gasteiger charge is -2.26. The molecule has 2 aromatic heterocycles. The van der Waals surface area contributed by atoms with Crippen LogP contribution in [0.4, 0.5) is 0 Å². The molecule has 0 unspecified atom stereocenters. The summed E-state index contributed by atoms with van der Waals surface area (Å²) < 4.78 is 34.4. The minimum absolute atomic E-state index is 0.315. The average molecular weight is 371 g/mol. The summed E-state index contributed by atoms with van der Waals surface area (Å²) in [7, 11) is -3.54. The van der Waals surface area contributed by atoms with Gasteiger partial charge in [0, 0.05) is 18.5 Å². The van der Waals surface area contributed by atoms with E-state index in [0.717, 1.165) is 17.1 Å². The summed E-state index contributed by atoms with van der Waals surface area (Å²) in [6.45, 7) is 7.75. The highest BCUT2D eigenvalue weighted by atomic mass is 32.2. The van der Waals surface area contributed by atoms with Crippen molar-refractivity contribution >= 4 is 21.4 Å². The van der Waals surface area contributed by atoms with Crippen molar-refractivity contribution in [2.75, 3.05) is 26.3 Å². The van der Waals surface area contributed by atoms with Gasteiger partial charge in [0.2, 0.25) is 10.0 Å². The summed E-state index contributed by atoms with van der Waals surface area (Å²) >= 11 is 1.62. The first-order valence-corrected chi connectivity index (χ1v) is 10.3. The highest BCUT2D eigenvalue weighted by Gasteiger charge is 2.32. The van der Waals surface area contributed by atoms with Gasteiger partial charge in [-0.25, -0.2) is 13.4 Å². The van der Waals surface area contributed by atoms with E-state index in [9.17, 15) is 8.42 Å². The Balaban J connectivity index is 1.91. The van der Waals surface area contributed by atoms with Crippen LogP contribution in [0.15, 0.2) is 10.3 Å². The van der Waals surface area contributed by atoms with Crippen molar-refractivity contribution in [2.45, 2.75) is 38.6 Å². The summed E-state index contributed by atoms with van der Waals surface area (Å²) in [4.78, 5) is 4.85. The Hall–Kier alpha value is -1.29. The number of morpholine rings is 1. The number of ether oxygens (including phenoxy) is 1. The van der Waals surface area contributed by atoms with Crippen molar-refractivity contribution in [2.24, 2.45) is 0 Å². The van der Waals surface area contributed by atoms with Gasteiger partial charge in [0.15, 0.2) is 0 Å². The van der Waals surface area contributed by atoms with E-state index in [4.69, 9.17) is 4.74 Å². The van der Waals surface area contributed by atoms with E-state index in [2.05, 4.69) is 17.0 Å². The van der Waals surface area contributed by atoms with Crippen LogP contribution < -0.4 is 0 Å². The average Bonchev–Trinajstić information content (AvgIpc) is 3.13. The van der Waals surface area contributed by atoms with E-state index in [1.165, 1.54) is 4.31 Å². The number of hydrogen-bond acceptors (Lipinski definition) is 6. The molecule has 1 fully saturated rings. The minimum Gasteiger partial charge on any atom is -0.379 e. The van der Waals surface area contributed by atoms with Gasteiger partial charge in [-0.1, -0.05) is 6.92 Å². The molecule has 7 nitrogen and oxygen atoms in total. The monoisotopic (exact) mass is 370 g/mol. The Labute approximate surface area is 146 Å². The summed E-state index contributed by atoms with van der Waals surface area (Å²) in [6.07, 6.45) is 0.901. The van der Waals surface area contributed by atoms with Crippen molar-refractivity contribution in [3.8, 4) is 0 Å². The Bertz CT molecular complexity index is 820. The smallest absolute Gasteiger partial charge is 0.246 e. The fourth-order valence-electron chi connectivity index (χ4n) is 2.86. The molecule has 0 N–H and O–H groups in total. The predicted molar refractivity (Wildman–Crippen MR) is 91.9 cm³/mol. The third-order valence-electron chi connectivity index (χ3n) is 4.10. The molecular weight excluding hydrogens is 348 g/mol. The molecule has 2 aromatic rings.